The maximum atomic E-state index is 14.9. The van der Waals surface area contributed by atoms with E-state index in [-0.39, 0.29) is 16.6 Å². The Morgan fingerprint density at radius 3 is 2.58 bits per heavy atom. The van der Waals surface area contributed by atoms with Crippen LogP contribution < -0.4 is 20.5 Å². The standard InChI is InChI=1S/C27H25Cl2FN4O4S2/c28-19-8-9-23(18(12-19)7-4-10-32-22(27(31)35)11-17-5-2-1-3-6-17)38-24-14-21(30)25(13-20(24)29)40(36,37)34-26-15-39-16-33-26/h1-3,5-6,8-9,12-16,22,32,34H,4,7,10-11H2,(H2,31,35). The number of carbonyl (C=O) groups is 1. The number of nitrogens with two attached hydrogens (primary N) is 1. The van der Waals surface area contributed by atoms with E-state index < -0.39 is 32.7 Å². The number of rotatable bonds is 13. The molecule has 0 bridgehead atoms. The van der Waals surface area contributed by atoms with Crippen LogP contribution in [0.3, 0.4) is 0 Å². The summed E-state index contributed by atoms with van der Waals surface area (Å²) in [6.45, 7) is 0.486. The van der Waals surface area contributed by atoms with Gasteiger partial charge in [0.2, 0.25) is 5.91 Å². The minimum absolute atomic E-state index is 0.0647. The third-order valence-electron chi connectivity index (χ3n) is 5.83. The summed E-state index contributed by atoms with van der Waals surface area (Å²) >= 11 is 13.7. The van der Waals surface area contributed by atoms with Crippen LogP contribution in [0.5, 0.6) is 11.5 Å². The summed E-state index contributed by atoms with van der Waals surface area (Å²) in [6, 6.07) is 15.9. The highest BCUT2D eigenvalue weighted by Gasteiger charge is 2.23. The zero-order valence-corrected chi connectivity index (χ0v) is 24.1. The van der Waals surface area contributed by atoms with E-state index in [2.05, 4.69) is 15.0 Å². The van der Waals surface area contributed by atoms with Crippen molar-refractivity contribution in [3.05, 3.63) is 98.5 Å². The monoisotopic (exact) mass is 622 g/mol. The summed E-state index contributed by atoms with van der Waals surface area (Å²) in [6.07, 6.45) is 1.58. The predicted octanol–water partition coefficient (Wildman–Crippen LogP) is 5.80. The fourth-order valence-corrected chi connectivity index (χ4v) is 6.00. The van der Waals surface area contributed by atoms with Crippen molar-refractivity contribution >= 4 is 56.3 Å². The summed E-state index contributed by atoms with van der Waals surface area (Å²) in [7, 11) is -4.27. The first kappa shape index (κ1) is 29.8. The van der Waals surface area contributed by atoms with Gasteiger partial charge < -0.3 is 15.8 Å². The number of hydrogen-bond donors (Lipinski definition) is 3. The van der Waals surface area contributed by atoms with E-state index in [9.17, 15) is 17.6 Å². The topological polar surface area (TPSA) is 123 Å². The molecule has 210 valence electrons. The lowest BCUT2D eigenvalue weighted by Crippen LogP contribution is -2.43. The predicted molar refractivity (Wildman–Crippen MR) is 155 cm³/mol. The van der Waals surface area contributed by atoms with Gasteiger partial charge in [0.25, 0.3) is 10.0 Å². The highest BCUT2D eigenvalue weighted by atomic mass is 35.5. The van der Waals surface area contributed by atoms with Gasteiger partial charge in [0, 0.05) is 16.5 Å². The molecule has 0 aliphatic carbocycles. The number of ether oxygens (including phenoxy) is 1. The minimum atomic E-state index is -4.27. The van der Waals surface area contributed by atoms with Gasteiger partial charge >= 0.3 is 0 Å². The number of primary amides is 1. The van der Waals surface area contributed by atoms with Gasteiger partial charge in [0.1, 0.15) is 22.2 Å². The van der Waals surface area contributed by atoms with Gasteiger partial charge in [-0.05, 0) is 61.2 Å². The quantitative estimate of drug-likeness (QED) is 0.162. The van der Waals surface area contributed by atoms with Gasteiger partial charge in [-0.1, -0.05) is 53.5 Å². The fourth-order valence-electron chi connectivity index (χ4n) is 3.89. The van der Waals surface area contributed by atoms with E-state index in [0.717, 1.165) is 17.7 Å². The molecule has 1 atom stereocenters. The van der Waals surface area contributed by atoms with Crippen LogP contribution in [0.1, 0.15) is 17.5 Å². The molecular formula is C27H25Cl2FN4O4S2. The van der Waals surface area contributed by atoms with E-state index in [1.54, 1.807) is 18.2 Å². The Balaban J connectivity index is 1.43. The number of aryl methyl sites for hydroxylation is 1. The molecule has 4 N–H and O–H groups in total. The van der Waals surface area contributed by atoms with Crippen LogP contribution in [-0.4, -0.2) is 31.9 Å². The van der Waals surface area contributed by atoms with Gasteiger partial charge in [-0.2, -0.15) is 0 Å². The maximum absolute atomic E-state index is 14.9. The number of benzene rings is 3. The number of halogens is 3. The minimum Gasteiger partial charge on any atom is -0.455 e. The highest BCUT2D eigenvalue weighted by molar-refractivity contribution is 7.92. The average Bonchev–Trinajstić information content (AvgIpc) is 3.41. The largest absolute Gasteiger partial charge is 0.455 e. The Morgan fingerprint density at radius 2 is 1.88 bits per heavy atom. The highest BCUT2D eigenvalue weighted by Crippen LogP contribution is 2.36. The van der Waals surface area contributed by atoms with Crippen molar-refractivity contribution in [3.63, 3.8) is 0 Å². The second kappa shape index (κ2) is 13.4. The fraction of sp³-hybridized carbons (Fsp3) is 0.185. The van der Waals surface area contributed by atoms with E-state index in [4.69, 9.17) is 33.7 Å². The smallest absolute Gasteiger partial charge is 0.266 e. The first-order valence-corrected chi connectivity index (χ1v) is 15.2. The molecular weight excluding hydrogens is 598 g/mol. The van der Waals surface area contributed by atoms with E-state index >= 15 is 0 Å². The molecule has 0 aliphatic rings. The van der Waals surface area contributed by atoms with Crippen molar-refractivity contribution in [3.8, 4) is 11.5 Å². The van der Waals surface area contributed by atoms with Crippen LogP contribution in [0.2, 0.25) is 10.0 Å². The van der Waals surface area contributed by atoms with E-state index in [0.29, 0.717) is 42.1 Å². The number of amides is 1. The summed E-state index contributed by atoms with van der Waals surface area (Å²) in [5.41, 5.74) is 8.73. The van der Waals surface area contributed by atoms with Crippen LogP contribution >= 0.6 is 34.5 Å². The van der Waals surface area contributed by atoms with Crippen molar-refractivity contribution in [2.45, 2.75) is 30.2 Å². The zero-order chi connectivity index (χ0) is 28.7. The van der Waals surface area contributed by atoms with Crippen LogP contribution in [0.25, 0.3) is 0 Å². The maximum Gasteiger partial charge on any atom is 0.266 e. The number of hydrogen-bond acceptors (Lipinski definition) is 7. The first-order valence-electron chi connectivity index (χ1n) is 12.1. The third-order valence-corrected chi connectivity index (χ3v) is 8.32. The molecule has 8 nitrogen and oxygen atoms in total. The van der Waals surface area contributed by atoms with Gasteiger partial charge in [-0.15, -0.1) is 11.3 Å². The molecule has 0 aliphatic heterocycles. The second-order valence-corrected chi connectivity index (χ2v) is 12.0. The molecule has 1 aromatic heterocycles. The summed E-state index contributed by atoms with van der Waals surface area (Å²) in [4.78, 5) is 15.1. The molecule has 0 radical (unpaired) electrons. The Morgan fingerprint density at radius 1 is 1.10 bits per heavy atom. The molecule has 40 heavy (non-hydrogen) atoms. The van der Waals surface area contributed by atoms with Crippen molar-refractivity contribution in [2.75, 3.05) is 11.3 Å². The number of nitrogens with zero attached hydrogens (tertiary/aromatic N) is 1. The summed E-state index contributed by atoms with van der Waals surface area (Å²) < 4.78 is 48.3. The number of sulfonamides is 1. The number of aromatic nitrogens is 1. The molecule has 1 amide bonds. The zero-order valence-electron chi connectivity index (χ0n) is 20.9. The van der Waals surface area contributed by atoms with Crippen molar-refractivity contribution in [1.29, 1.82) is 0 Å². The van der Waals surface area contributed by atoms with Crippen molar-refractivity contribution < 1.29 is 22.3 Å². The van der Waals surface area contributed by atoms with E-state index in [1.807, 2.05) is 30.3 Å². The lowest BCUT2D eigenvalue weighted by atomic mass is 10.0. The molecule has 0 saturated carbocycles. The third kappa shape index (κ3) is 7.92. The van der Waals surface area contributed by atoms with Gasteiger partial charge in [-0.3, -0.25) is 9.52 Å². The number of thiazole rings is 1. The first-order chi connectivity index (χ1) is 19.1. The molecule has 0 spiro atoms. The lowest BCUT2D eigenvalue weighted by Gasteiger charge is -2.17. The lowest BCUT2D eigenvalue weighted by molar-refractivity contribution is -0.120. The summed E-state index contributed by atoms with van der Waals surface area (Å²) in [5, 5.41) is 5.03. The molecule has 3 aromatic carbocycles. The van der Waals surface area contributed by atoms with E-state index in [1.165, 1.54) is 22.2 Å². The Kier molecular flexibility index (Phi) is 9.99. The molecule has 1 heterocycles. The average molecular weight is 624 g/mol. The van der Waals surface area contributed by atoms with Gasteiger partial charge in [0.15, 0.2) is 5.82 Å². The van der Waals surface area contributed by atoms with Crippen LogP contribution in [0.15, 0.2) is 76.4 Å². The SMILES string of the molecule is NC(=O)C(Cc1ccccc1)NCCCc1cc(Cl)ccc1Oc1cc(F)c(S(=O)(=O)Nc2cscn2)cc1Cl. The molecule has 0 saturated heterocycles. The molecule has 4 rings (SSSR count). The van der Waals surface area contributed by atoms with Gasteiger partial charge in [-0.25, -0.2) is 17.8 Å². The van der Waals surface area contributed by atoms with Crippen molar-refractivity contribution in [2.24, 2.45) is 5.73 Å². The van der Waals surface area contributed by atoms with Crippen LogP contribution in [0.4, 0.5) is 10.2 Å². The molecule has 0 fully saturated rings. The van der Waals surface area contributed by atoms with Crippen molar-refractivity contribution in [1.82, 2.24) is 10.3 Å². The normalized spacial score (nSPS) is 12.2. The number of nitrogens with one attached hydrogen (secondary N) is 2. The molecule has 4 aromatic rings. The number of carbonyl (C=O) groups excluding carboxylic acids is 1. The Bertz CT molecular complexity index is 1570. The number of anilines is 1. The summed E-state index contributed by atoms with van der Waals surface area (Å²) in [5.74, 6) is -1.11. The Hall–Kier alpha value is -3.22. The second-order valence-electron chi connectivity index (χ2n) is 8.75. The van der Waals surface area contributed by atoms with Crippen LogP contribution in [-0.2, 0) is 27.7 Å². The van der Waals surface area contributed by atoms with Crippen LogP contribution in [0, 0.1) is 5.82 Å². The molecule has 13 heteroatoms. The van der Waals surface area contributed by atoms with Gasteiger partial charge in [0.05, 0.1) is 16.6 Å². The molecule has 1 unspecified atom stereocenters. The Labute approximate surface area is 245 Å².